The molecule has 1 amide bonds. The highest BCUT2D eigenvalue weighted by Crippen LogP contribution is 2.35. The van der Waals surface area contributed by atoms with Crippen molar-refractivity contribution in [1.82, 2.24) is 0 Å². The van der Waals surface area contributed by atoms with Crippen LogP contribution >= 0.6 is 11.6 Å². The number of nitrogen functional groups attached to an aromatic ring is 1. The Kier molecular flexibility index (Phi) is 3.18. The monoisotopic (exact) mass is 254 g/mol. The summed E-state index contributed by atoms with van der Waals surface area (Å²) in [4.78, 5) is 10.8. The van der Waals surface area contributed by atoms with Gasteiger partial charge >= 0.3 is 6.36 Å². The lowest BCUT2D eigenvalue weighted by Crippen LogP contribution is -2.19. The molecule has 0 saturated carbocycles. The second-order valence-corrected chi connectivity index (χ2v) is 3.13. The standard InChI is InChI=1S/C8H6ClF3N2O2/c9-5-3(7(14)15)1-2-4(6(5)13)16-8(10,11)12/h1-2H,13H2,(H2,14,15). The molecule has 88 valence electrons. The summed E-state index contributed by atoms with van der Waals surface area (Å²) in [5.41, 5.74) is 9.52. The summed E-state index contributed by atoms with van der Waals surface area (Å²) >= 11 is 5.55. The first-order chi connectivity index (χ1) is 7.22. The number of benzene rings is 1. The van der Waals surface area contributed by atoms with Gasteiger partial charge in [-0.1, -0.05) is 11.6 Å². The Morgan fingerprint density at radius 3 is 2.38 bits per heavy atom. The summed E-state index contributed by atoms with van der Waals surface area (Å²) in [6.45, 7) is 0. The molecule has 0 aliphatic heterocycles. The Hall–Kier alpha value is -1.63. The minimum Gasteiger partial charge on any atom is -0.404 e. The summed E-state index contributed by atoms with van der Waals surface area (Å²) in [6.07, 6.45) is -4.88. The SMILES string of the molecule is NC(=O)c1ccc(OC(F)(F)F)c(N)c1Cl. The first-order valence-corrected chi connectivity index (χ1v) is 4.23. The molecular weight excluding hydrogens is 249 g/mol. The molecule has 0 atom stereocenters. The summed E-state index contributed by atoms with van der Waals surface area (Å²) in [6, 6.07) is 1.87. The summed E-state index contributed by atoms with van der Waals surface area (Å²) in [5.74, 6) is -1.57. The van der Waals surface area contributed by atoms with Crippen LogP contribution in [-0.2, 0) is 0 Å². The Balaban J connectivity index is 3.17. The molecule has 16 heavy (non-hydrogen) atoms. The summed E-state index contributed by atoms with van der Waals surface area (Å²) in [7, 11) is 0. The van der Waals surface area contributed by atoms with Crippen molar-refractivity contribution in [2.75, 3.05) is 5.73 Å². The molecule has 1 aromatic carbocycles. The molecule has 1 rings (SSSR count). The zero-order chi connectivity index (χ0) is 12.5. The first-order valence-electron chi connectivity index (χ1n) is 3.86. The number of ether oxygens (including phenoxy) is 1. The quantitative estimate of drug-likeness (QED) is 0.792. The van der Waals surface area contributed by atoms with Gasteiger partial charge in [-0.15, -0.1) is 13.2 Å². The number of amides is 1. The topological polar surface area (TPSA) is 78.3 Å². The van der Waals surface area contributed by atoms with Crippen molar-refractivity contribution in [3.63, 3.8) is 0 Å². The van der Waals surface area contributed by atoms with Gasteiger partial charge < -0.3 is 16.2 Å². The van der Waals surface area contributed by atoms with Crippen LogP contribution in [0.15, 0.2) is 12.1 Å². The maximum atomic E-state index is 11.9. The largest absolute Gasteiger partial charge is 0.573 e. The molecule has 0 aromatic heterocycles. The zero-order valence-electron chi connectivity index (χ0n) is 7.64. The molecule has 0 fully saturated rings. The van der Waals surface area contributed by atoms with Gasteiger partial charge in [-0.05, 0) is 12.1 Å². The number of halogens is 4. The van der Waals surface area contributed by atoms with Crippen molar-refractivity contribution in [1.29, 1.82) is 0 Å². The first kappa shape index (κ1) is 12.4. The van der Waals surface area contributed by atoms with E-state index in [4.69, 9.17) is 23.1 Å². The van der Waals surface area contributed by atoms with Gasteiger partial charge in [-0.2, -0.15) is 0 Å². The Morgan fingerprint density at radius 2 is 1.94 bits per heavy atom. The van der Waals surface area contributed by atoms with E-state index in [9.17, 15) is 18.0 Å². The van der Waals surface area contributed by atoms with E-state index in [1.165, 1.54) is 0 Å². The fourth-order valence-electron chi connectivity index (χ4n) is 0.979. The van der Waals surface area contributed by atoms with E-state index >= 15 is 0 Å². The van der Waals surface area contributed by atoms with Crippen LogP contribution < -0.4 is 16.2 Å². The highest BCUT2D eigenvalue weighted by atomic mass is 35.5. The maximum absolute atomic E-state index is 11.9. The molecule has 0 spiro atoms. The van der Waals surface area contributed by atoms with Crippen molar-refractivity contribution in [2.24, 2.45) is 5.73 Å². The van der Waals surface area contributed by atoms with Crippen LogP contribution in [0.4, 0.5) is 18.9 Å². The van der Waals surface area contributed by atoms with E-state index < -0.39 is 23.7 Å². The van der Waals surface area contributed by atoms with Gasteiger partial charge in [-0.3, -0.25) is 4.79 Å². The lowest BCUT2D eigenvalue weighted by molar-refractivity contribution is -0.274. The minimum atomic E-state index is -4.88. The molecule has 4 N–H and O–H groups in total. The smallest absolute Gasteiger partial charge is 0.404 e. The van der Waals surface area contributed by atoms with Gasteiger partial charge in [0.25, 0.3) is 0 Å². The van der Waals surface area contributed by atoms with Gasteiger partial charge in [-0.25, -0.2) is 0 Å². The zero-order valence-corrected chi connectivity index (χ0v) is 8.39. The highest BCUT2D eigenvalue weighted by Gasteiger charge is 2.32. The fourth-order valence-corrected chi connectivity index (χ4v) is 1.23. The number of anilines is 1. The van der Waals surface area contributed by atoms with Gasteiger partial charge in [0, 0.05) is 0 Å². The van der Waals surface area contributed by atoms with Crippen LogP contribution in [0.5, 0.6) is 5.75 Å². The van der Waals surface area contributed by atoms with Crippen LogP contribution in [0.1, 0.15) is 10.4 Å². The molecular formula is C8H6ClF3N2O2. The number of carbonyl (C=O) groups excluding carboxylic acids is 1. The number of carbonyl (C=O) groups is 1. The molecule has 0 aliphatic carbocycles. The molecule has 0 bridgehead atoms. The molecule has 0 heterocycles. The lowest BCUT2D eigenvalue weighted by atomic mass is 10.2. The van der Waals surface area contributed by atoms with E-state index in [0.29, 0.717) is 0 Å². The fraction of sp³-hybridized carbons (Fsp3) is 0.125. The van der Waals surface area contributed by atoms with E-state index in [1.54, 1.807) is 0 Å². The molecule has 4 nitrogen and oxygen atoms in total. The number of primary amides is 1. The van der Waals surface area contributed by atoms with E-state index in [2.05, 4.69) is 4.74 Å². The van der Waals surface area contributed by atoms with E-state index in [1.807, 2.05) is 0 Å². The highest BCUT2D eigenvalue weighted by molar-refractivity contribution is 6.36. The lowest BCUT2D eigenvalue weighted by Gasteiger charge is -2.12. The van der Waals surface area contributed by atoms with Gasteiger partial charge in [0.2, 0.25) is 5.91 Å². The number of hydrogen-bond donors (Lipinski definition) is 2. The third kappa shape index (κ3) is 2.69. The molecule has 0 unspecified atom stereocenters. The van der Waals surface area contributed by atoms with Gasteiger partial charge in [0.05, 0.1) is 16.3 Å². The third-order valence-electron chi connectivity index (χ3n) is 1.63. The van der Waals surface area contributed by atoms with Crippen molar-refractivity contribution in [3.8, 4) is 5.75 Å². The van der Waals surface area contributed by atoms with Crippen molar-refractivity contribution < 1.29 is 22.7 Å². The predicted molar refractivity (Wildman–Crippen MR) is 51.1 cm³/mol. The number of hydrogen-bond acceptors (Lipinski definition) is 3. The van der Waals surface area contributed by atoms with Gasteiger partial charge in [0.15, 0.2) is 5.75 Å². The minimum absolute atomic E-state index is 0.173. The average molecular weight is 255 g/mol. The molecule has 8 heteroatoms. The van der Waals surface area contributed by atoms with Crippen LogP contribution in [0.25, 0.3) is 0 Å². The average Bonchev–Trinajstić information content (AvgIpc) is 2.10. The van der Waals surface area contributed by atoms with Crippen molar-refractivity contribution >= 4 is 23.2 Å². The van der Waals surface area contributed by atoms with Crippen molar-refractivity contribution in [2.45, 2.75) is 6.36 Å². The number of nitrogens with two attached hydrogens (primary N) is 2. The third-order valence-corrected chi connectivity index (χ3v) is 2.04. The van der Waals surface area contributed by atoms with Crippen molar-refractivity contribution in [3.05, 3.63) is 22.7 Å². The predicted octanol–water partition coefficient (Wildman–Crippen LogP) is 1.92. The van der Waals surface area contributed by atoms with E-state index in [0.717, 1.165) is 12.1 Å². The number of rotatable bonds is 2. The van der Waals surface area contributed by atoms with Crippen LogP contribution in [0.3, 0.4) is 0 Å². The molecule has 0 aliphatic rings. The molecule has 1 aromatic rings. The summed E-state index contributed by atoms with van der Waals surface area (Å²) in [5, 5.41) is -0.366. The Bertz CT molecular complexity index is 434. The van der Waals surface area contributed by atoms with Crippen LogP contribution in [0, 0.1) is 0 Å². The normalized spacial score (nSPS) is 11.2. The second kappa shape index (κ2) is 4.09. The van der Waals surface area contributed by atoms with Crippen LogP contribution in [-0.4, -0.2) is 12.3 Å². The second-order valence-electron chi connectivity index (χ2n) is 2.75. The van der Waals surface area contributed by atoms with Crippen LogP contribution in [0.2, 0.25) is 5.02 Å². The maximum Gasteiger partial charge on any atom is 0.573 e. The summed E-state index contributed by atoms with van der Waals surface area (Å²) < 4.78 is 39.3. The Labute approximate surface area is 92.9 Å². The molecule has 0 radical (unpaired) electrons. The van der Waals surface area contributed by atoms with Gasteiger partial charge in [0.1, 0.15) is 0 Å². The molecule has 0 saturated heterocycles. The van der Waals surface area contributed by atoms with E-state index in [-0.39, 0.29) is 10.6 Å². The Morgan fingerprint density at radius 1 is 1.38 bits per heavy atom. The number of alkyl halides is 3.